The van der Waals surface area contributed by atoms with Crippen LogP contribution < -0.4 is 14.2 Å². The summed E-state index contributed by atoms with van der Waals surface area (Å²) in [6.45, 7) is 1.34. The number of aromatic nitrogens is 2. The zero-order chi connectivity index (χ0) is 20.5. The molecule has 156 valence electrons. The fourth-order valence-corrected chi connectivity index (χ4v) is 3.83. The van der Waals surface area contributed by atoms with Gasteiger partial charge >= 0.3 is 0 Å². The van der Waals surface area contributed by atoms with Crippen molar-refractivity contribution in [2.24, 2.45) is 5.92 Å². The number of carbonyl (C=O) groups is 1. The van der Waals surface area contributed by atoms with E-state index in [9.17, 15) is 4.79 Å². The molecule has 1 aliphatic carbocycles. The van der Waals surface area contributed by atoms with Crippen molar-refractivity contribution < 1.29 is 23.7 Å². The van der Waals surface area contributed by atoms with Crippen LogP contribution in [-0.4, -0.2) is 50.3 Å². The molecule has 0 bridgehead atoms. The van der Waals surface area contributed by atoms with Crippen molar-refractivity contribution in [2.75, 3.05) is 34.0 Å². The highest BCUT2D eigenvalue weighted by atomic mass is 16.5. The molecule has 0 radical (unpaired) electrons. The highest BCUT2D eigenvalue weighted by Gasteiger charge is 2.30. The van der Waals surface area contributed by atoms with E-state index in [-0.39, 0.29) is 0 Å². The Hall–Kier alpha value is -2.67. The van der Waals surface area contributed by atoms with Crippen molar-refractivity contribution in [3.63, 3.8) is 0 Å². The lowest BCUT2D eigenvalue weighted by Gasteiger charge is -2.32. The predicted octanol–water partition coefficient (Wildman–Crippen LogP) is 3.68. The maximum atomic E-state index is 11.5. The quantitative estimate of drug-likeness (QED) is 0.445. The van der Waals surface area contributed by atoms with E-state index in [4.69, 9.17) is 18.9 Å². The molecule has 1 saturated carbocycles. The third kappa shape index (κ3) is 5.44. The van der Waals surface area contributed by atoms with Crippen molar-refractivity contribution in [2.45, 2.75) is 31.6 Å². The normalized spacial score (nSPS) is 18.8. The number of aldehydes is 1. The summed E-state index contributed by atoms with van der Waals surface area (Å²) < 4.78 is 21.9. The van der Waals surface area contributed by atoms with Gasteiger partial charge in [0, 0.05) is 30.9 Å². The average molecular weight is 400 g/mol. The molecule has 0 aromatic carbocycles. The molecule has 2 aromatic rings. The molecule has 1 aliphatic rings. The fourth-order valence-electron chi connectivity index (χ4n) is 3.83. The van der Waals surface area contributed by atoms with Crippen molar-refractivity contribution in [3.8, 4) is 17.5 Å². The second-order valence-corrected chi connectivity index (χ2v) is 7.08. The van der Waals surface area contributed by atoms with Gasteiger partial charge in [-0.1, -0.05) is 18.9 Å². The third-order valence-corrected chi connectivity index (χ3v) is 5.29. The lowest BCUT2D eigenvalue weighted by atomic mass is 9.76. The van der Waals surface area contributed by atoms with Crippen LogP contribution in [0.2, 0.25) is 0 Å². The van der Waals surface area contributed by atoms with Gasteiger partial charge in [-0.2, -0.15) is 0 Å². The number of methoxy groups -OCH3 is 2. The number of hydrogen-bond acceptors (Lipinski definition) is 7. The highest BCUT2D eigenvalue weighted by Crippen LogP contribution is 2.41. The number of hydrogen-bond donors (Lipinski definition) is 0. The molecule has 0 saturated heterocycles. The Balaban J connectivity index is 1.69. The Morgan fingerprint density at radius 3 is 2.79 bits per heavy atom. The minimum absolute atomic E-state index is 0.316. The van der Waals surface area contributed by atoms with E-state index in [2.05, 4.69) is 16.0 Å². The SMILES string of the molecule is COCCOc1cc(C=O)c(OCC2CCCCC2c2cccnc2OC)cn1. The van der Waals surface area contributed by atoms with Gasteiger partial charge in [-0.15, -0.1) is 0 Å². The molecule has 7 nitrogen and oxygen atoms in total. The zero-order valence-electron chi connectivity index (χ0n) is 17.0. The van der Waals surface area contributed by atoms with Crippen LogP contribution in [0.5, 0.6) is 17.5 Å². The van der Waals surface area contributed by atoms with Gasteiger partial charge in [0.25, 0.3) is 0 Å². The van der Waals surface area contributed by atoms with Gasteiger partial charge in [0.2, 0.25) is 11.8 Å². The first-order valence-corrected chi connectivity index (χ1v) is 9.95. The zero-order valence-corrected chi connectivity index (χ0v) is 17.0. The number of pyridine rings is 2. The van der Waals surface area contributed by atoms with Crippen LogP contribution in [0.4, 0.5) is 0 Å². The molecular weight excluding hydrogens is 372 g/mol. The molecule has 0 amide bonds. The van der Waals surface area contributed by atoms with Crippen molar-refractivity contribution in [1.29, 1.82) is 0 Å². The monoisotopic (exact) mass is 400 g/mol. The lowest BCUT2D eigenvalue weighted by molar-refractivity contribution is 0.111. The van der Waals surface area contributed by atoms with Crippen molar-refractivity contribution in [1.82, 2.24) is 9.97 Å². The smallest absolute Gasteiger partial charge is 0.216 e. The first kappa shape index (κ1) is 21.0. The van der Waals surface area contributed by atoms with Crippen molar-refractivity contribution in [3.05, 3.63) is 41.7 Å². The van der Waals surface area contributed by atoms with Gasteiger partial charge in [-0.05, 0) is 24.8 Å². The van der Waals surface area contributed by atoms with E-state index < -0.39 is 0 Å². The van der Waals surface area contributed by atoms with Crippen LogP contribution in [0.1, 0.15) is 47.5 Å². The Morgan fingerprint density at radius 2 is 2.00 bits per heavy atom. The van der Waals surface area contributed by atoms with E-state index in [1.807, 2.05) is 6.07 Å². The van der Waals surface area contributed by atoms with Gasteiger partial charge in [-0.25, -0.2) is 9.97 Å². The molecule has 29 heavy (non-hydrogen) atoms. The summed E-state index contributed by atoms with van der Waals surface area (Å²) in [7, 11) is 3.25. The first-order chi connectivity index (χ1) is 14.3. The van der Waals surface area contributed by atoms with E-state index in [0.717, 1.165) is 31.1 Å². The van der Waals surface area contributed by atoms with E-state index >= 15 is 0 Å². The number of ether oxygens (including phenoxy) is 4. The minimum atomic E-state index is 0.316. The maximum Gasteiger partial charge on any atom is 0.216 e. The second kappa shape index (κ2) is 10.8. The summed E-state index contributed by atoms with van der Waals surface area (Å²) >= 11 is 0. The minimum Gasteiger partial charge on any atom is -0.491 e. The molecule has 2 atom stereocenters. The van der Waals surface area contributed by atoms with Crippen LogP contribution in [0, 0.1) is 5.92 Å². The Morgan fingerprint density at radius 1 is 1.14 bits per heavy atom. The summed E-state index contributed by atoms with van der Waals surface area (Å²) in [4.78, 5) is 20.1. The molecule has 0 N–H and O–H groups in total. The van der Waals surface area contributed by atoms with Gasteiger partial charge in [0.15, 0.2) is 6.29 Å². The Labute approximate surface area is 171 Å². The molecule has 0 aliphatic heterocycles. The standard InChI is InChI=1S/C22H28N2O5/c1-26-10-11-28-21-12-17(14-25)20(13-24-21)29-15-16-6-3-4-7-18(16)19-8-5-9-23-22(19)27-2/h5,8-9,12-14,16,18H,3-4,6-7,10-11,15H2,1-2H3. The molecule has 3 rings (SSSR count). The summed E-state index contributed by atoms with van der Waals surface area (Å²) in [5.74, 6) is 2.17. The van der Waals surface area contributed by atoms with Gasteiger partial charge in [0.05, 0.1) is 32.1 Å². The second-order valence-electron chi connectivity index (χ2n) is 7.08. The highest BCUT2D eigenvalue weighted by molar-refractivity contribution is 5.79. The van der Waals surface area contributed by atoms with Crippen molar-refractivity contribution >= 4 is 6.29 Å². The van der Waals surface area contributed by atoms with E-state index in [0.29, 0.717) is 54.7 Å². The fraction of sp³-hybridized carbons (Fsp3) is 0.500. The Bertz CT molecular complexity index is 799. The van der Waals surface area contributed by atoms with E-state index in [1.54, 1.807) is 32.7 Å². The van der Waals surface area contributed by atoms with Crippen LogP contribution >= 0.6 is 0 Å². The topological polar surface area (TPSA) is 79.8 Å². The summed E-state index contributed by atoms with van der Waals surface area (Å²) in [6.07, 6.45) is 8.53. The molecule has 1 fully saturated rings. The lowest BCUT2D eigenvalue weighted by Crippen LogP contribution is -2.24. The first-order valence-electron chi connectivity index (χ1n) is 9.95. The number of carbonyl (C=O) groups excluding carboxylic acids is 1. The van der Waals surface area contributed by atoms with Crippen LogP contribution in [-0.2, 0) is 4.74 Å². The summed E-state index contributed by atoms with van der Waals surface area (Å²) in [5, 5.41) is 0. The van der Waals surface area contributed by atoms with Gasteiger partial charge < -0.3 is 18.9 Å². The van der Waals surface area contributed by atoms with Crippen LogP contribution in [0.15, 0.2) is 30.6 Å². The molecular formula is C22H28N2O5. The Kier molecular flexibility index (Phi) is 7.81. The van der Waals surface area contributed by atoms with Crippen LogP contribution in [0.25, 0.3) is 0 Å². The summed E-state index contributed by atoms with van der Waals surface area (Å²) in [5.41, 5.74) is 1.55. The number of rotatable bonds is 10. The molecule has 2 heterocycles. The molecule has 0 spiro atoms. The maximum absolute atomic E-state index is 11.5. The predicted molar refractivity (Wildman–Crippen MR) is 108 cm³/mol. The van der Waals surface area contributed by atoms with Gasteiger partial charge in [0.1, 0.15) is 12.4 Å². The number of nitrogens with zero attached hydrogens (tertiary/aromatic N) is 2. The van der Waals surface area contributed by atoms with Gasteiger partial charge in [-0.3, -0.25) is 4.79 Å². The molecule has 2 aromatic heterocycles. The van der Waals surface area contributed by atoms with Crippen LogP contribution in [0.3, 0.4) is 0 Å². The average Bonchev–Trinajstić information content (AvgIpc) is 2.78. The largest absolute Gasteiger partial charge is 0.491 e. The van der Waals surface area contributed by atoms with E-state index in [1.165, 1.54) is 6.42 Å². The third-order valence-electron chi connectivity index (χ3n) is 5.29. The molecule has 2 unspecified atom stereocenters. The molecule has 7 heteroatoms. The summed E-state index contributed by atoms with van der Waals surface area (Å²) in [6, 6.07) is 5.63.